The van der Waals surface area contributed by atoms with Crippen molar-refractivity contribution in [1.29, 1.82) is 0 Å². The number of aromatic nitrogens is 2. The monoisotopic (exact) mass is 449 g/mol. The summed E-state index contributed by atoms with van der Waals surface area (Å²) in [5, 5.41) is 7.09. The van der Waals surface area contributed by atoms with Gasteiger partial charge in [-0.15, -0.1) is 0 Å². The van der Waals surface area contributed by atoms with E-state index in [1.165, 1.54) is 10.7 Å². The van der Waals surface area contributed by atoms with Crippen LogP contribution in [0.4, 0.5) is 14.5 Å². The number of para-hydroxylation sites is 2. The molecule has 1 N–H and O–H groups in total. The van der Waals surface area contributed by atoms with E-state index in [2.05, 4.69) is 10.4 Å². The summed E-state index contributed by atoms with van der Waals surface area (Å²) in [5.74, 6) is -0.0902. The number of amides is 1. The quantitative estimate of drug-likeness (QED) is 0.403. The highest BCUT2D eigenvalue weighted by atomic mass is 19.1. The largest absolute Gasteiger partial charge is 0.493 e. The zero-order valence-corrected chi connectivity index (χ0v) is 18.2. The predicted molar refractivity (Wildman–Crippen MR) is 120 cm³/mol. The summed E-state index contributed by atoms with van der Waals surface area (Å²) in [6.45, 7) is 3.31. The SMILES string of the molecule is COc1ccccc1Oc1ccc(NC(=O)c2c(C)nn(-c3ccc(F)cc3F)c2C)cc1. The summed E-state index contributed by atoms with van der Waals surface area (Å²) in [5.41, 5.74) is 1.78. The van der Waals surface area contributed by atoms with Gasteiger partial charge in [0, 0.05) is 11.8 Å². The molecule has 1 aromatic heterocycles. The molecule has 8 heteroatoms. The standard InChI is InChI=1S/C25H21F2N3O3/c1-15-24(16(2)30(29-15)21-13-8-17(26)14-20(21)27)25(31)28-18-9-11-19(12-10-18)33-23-7-5-4-6-22(23)32-3/h4-14H,1-3H3,(H,28,31). The number of methoxy groups -OCH3 is 1. The average Bonchev–Trinajstić information content (AvgIpc) is 3.09. The number of benzene rings is 3. The molecule has 0 radical (unpaired) electrons. The van der Waals surface area contributed by atoms with Crippen LogP contribution in [0.1, 0.15) is 21.7 Å². The molecular weight excluding hydrogens is 428 g/mol. The minimum atomic E-state index is -0.766. The summed E-state index contributed by atoms with van der Waals surface area (Å²) < 4.78 is 39.9. The maximum absolute atomic E-state index is 14.2. The first kappa shape index (κ1) is 22.0. The highest BCUT2D eigenvalue weighted by molar-refractivity contribution is 6.06. The van der Waals surface area contributed by atoms with Crippen LogP contribution >= 0.6 is 0 Å². The van der Waals surface area contributed by atoms with E-state index in [0.717, 1.165) is 12.1 Å². The molecule has 0 aliphatic rings. The number of carbonyl (C=O) groups excluding carboxylic acids is 1. The van der Waals surface area contributed by atoms with Gasteiger partial charge in [0.1, 0.15) is 17.3 Å². The summed E-state index contributed by atoms with van der Waals surface area (Å²) >= 11 is 0. The van der Waals surface area contributed by atoms with Gasteiger partial charge in [-0.2, -0.15) is 5.10 Å². The zero-order valence-electron chi connectivity index (χ0n) is 18.2. The Kier molecular flexibility index (Phi) is 6.08. The van der Waals surface area contributed by atoms with Gasteiger partial charge in [0.15, 0.2) is 17.3 Å². The van der Waals surface area contributed by atoms with Crippen LogP contribution in [0.3, 0.4) is 0 Å². The first-order valence-electron chi connectivity index (χ1n) is 10.1. The minimum absolute atomic E-state index is 0.0638. The Bertz CT molecular complexity index is 1320. The van der Waals surface area contributed by atoms with E-state index in [9.17, 15) is 13.6 Å². The van der Waals surface area contributed by atoms with Crippen LogP contribution in [-0.2, 0) is 0 Å². The second kappa shape index (κ2) is 9.12. The number of rotatable bonds is 6. The molecule has 4 rings (SSSR count). The highest BCUT2D eigenvalue weighted by Gasteiger charge is 2.21. The Morgan fingerprint density at radius 1 is 0.970 bits per heavy atom. The molecule has 0 saturated carbocycles. The second-order valence-electron chi connectivity index (χ2n) is 7.28. The third-order valence-corrected chi connectivity index (χ3v) is 5.07. The Balaban J connectivity index is 1.52. The lowest BCUT2D eigenvalue weighted by Crippen LogP contribution is -2.14. The topological polar surface area (TPSA) is 65.4 Å². The number of nitrogens with one attached hydrogen (secondary N) is 1. The number of hydrogen-bond donors (Lipinski definition) is 1. The second-order valence-corrected chi connectivity index (χ2v) is 7.28. The molecule has 0 unspecified atom stereocenters. The molecule has 168 valence electrons. The van der Waals surface area contributed by atoms with Crippen LogP contribution in [0.25, 0.3) is 5.69 Å². The molecule has 0 saturated heterocycles. The maximum atomic E-state index is 14.2. The van der Waals surface area contributed by atoms with Crippen molar-refractivity contribution in [3.05, 3.63) is 95.3 Å². The molecule has 0 bridgehead atoms. The number of aryl methyl sites for hydroxylation is 1. The molecule has 0 aliphatic heterocycles. The molecule has 6 nitrogen and oxygen atoms in total. The molecule has 3 aromatic carbocycles. The van der Waals surface area contributed by atoms with Crippen LogP contribution in [0.2, 0.25) is 0 Å². The van der Waals surface area contributed by atoms with Crippen molar-refractivity contribution in [2.75, 3.05) is 12.4 Å². The van der Waals surface area contributed by atoms with Crippen molar-refractivity contribution in [1.82, 2.24) is 9.78 Å². The van der Waals surface area contributed by atoms with Gasteiger partial charge in [-0.05, 0) is 62.4 Å². The Hall–Kier alpha value is -4.20. The predicted octanol–water partition coefficient (Wildman–Crippen LogP) is 5.82. The van der Waals surface area contributed by atoms with Gasteiger partial charge in [0.2, 0.25) is 0 Å². The summed E-state index contributed by atoms with van der Waals surface area (Å²) in [7, 11) is 1.57. The molecule has 0 atom stereocenters. The van der Waals surface area contributed by atoms with Crippen LogP contribution in [0, 0.1) is 25.5 Å². The van der Waals surface area contributed by atoms with E-state index in [1.807, 2.05) is 12.1 Å². The van der Waals surface area contributed by atoms with Crippen molar-refractivity contribution in [3.8, 4) is 22.9 Å². The molecule has 1 heterocycles. The lowest BCUT2D eigenvalue weighted by molar-refractivity contribution is 0.102. The molecule has 0 spiro atoms. The van der Waals surface area contributed by atoms with E-state index in [4.69, 9.17) is 9.47 Å². The lowest BCUT2D eigenvalue weighted by atomic mass is 10.1. The molecule has 1 amide bonds. The first-order chi connectivity index (χ1) is 15.9. The van der Waals surface area contributed by atoms with E-state index in [-0.39, 0.29) is 5.69 Å². The number of nitrogens with zero attached hydrogens (tertiary/aromatic N) is 2. The van der Waals surface area contributed by atoms with Gasteiger partial charge in [-0.3, -0.25) is 4.79 Å². The molecule has 0 aliphatic carbocycles. The molecule has 33 heavy (non-hydrogen) atoms. The van der Waals surface area contributed by atoms with Crippen LogP contribution < -0.4 is 14.8 Å². The number of halogens is 2. The lowest BCUT2D eigenvalue weighted by Gasteiger charge is -2.11. The van der Waals surface area contributed by atoms with Crippen molar-refractivity contribution < 1.29 is 23.0 Å². The van der Waals surface area contributed by atoms with Crippen LogP contribution in [0.5, 0.6) is 17.2 Å². The third-order valence-electron chi connectivity index (χ3n) is 5.07. The van der Waals surface area contributed by atoms with Crippen molar-refractivity contribution in [2.45, 2.75) is 13.8 Å². The Labute approximate surface area is 189 Å². The van der Waals surface area contributed by atoms with Gasteiger partial charge in [0.25, 0.3) is 5.91 Å². The number of carbonyl (C=O) groups is 1. The first-order valence-corrected chi connectivity index (χ1v) is 10.1. The van der Waals surface area contributed by atoms with Crippen LogP contribution in [0.15, 0.2) is 66.7 Å². The number of hydrogen-bond acceptors (Lipinski definition) is 4. The fourth-order valence-electron chi connectivity index (χ4n) is 3.49. The van der Waals surface area contributed by atoms with Gasteiger partial charge < -0.3 is 14.8 Å². The van der Waals surface area contributed by atoms with Gasteiger partial charge in [0.05, 0.1) is 24.1 Å². The number of ether oxygens (including phenoxy) is 2. The smallest absolute Gasteiger partial charge is 0.259 e. The minimum Gasteiger partial charge on any atom is -0.493 e. The van der Waals surface area contributed by atoms with Crippen molar-refractivity contribution in [2.24, 2.45) is 0 Å². The molecule has 4 aromatic rings. The zero-order chi connectivity index (χ0) is 23.5. The van der Waals surface area contributed by atoms with E-state index >= 15 is 0 Å². The molecule has 0 fully saturated rings. The molecular formula is C25H21F2N3O3. The van der Waals surface area contributed by atoms with Gasteiger partial charge in [-0.1, -0.05) is 12.1 Å². The summed E-state index contributed by atoms with van der Waals surface area (Å²) in [6, 6.07) is 17.3. The Morgan fingerprint density at radius 2 is 1.67 bits per heavy atom. The fourth-order valence-corrected chi connectivity index (χ4v) is 3.49. The van der Waals surface area contributed by atoms with E-state index in [1.54, 1.807) is 57.4 Å². The Morgan fingerprint density at radius 3 is 2.33 bits per heavy atom. The normalized spacial score (nSPS) is 10.7. The van der Waals surface area contributed by atoms with Gasteiger partial charge >= 0.3 is 0 Å². The summed E-state index contributed by atoms with van der Waals surface area (Å²) in [6.07, 6.45) is 0. The maximum Gasteiger partial charge on any atom is 0.259 e. The van der Waals surface area contributed by atoms with E-state index in [0.29, 0.717) is 39.9 Å². The van der Waals surface area contributed by atoms with Crippen molar-refractivity contribution in [3.63, 3.8) is 0 Å². The van der Waals surface area contributed by atoms with E-state index < -0.39 is 17.5 Å². The van der Waals surface area contributed by atoms with Crippen LogP contribution in [-0.4, -0.2) is 22.8 Å². The third kappa shape index (κ3) is 4.55. The highest BCUT2D eigenvalue weighted by Crippen LogP contribution is 2.31. The van der Waals surface area contributed by atoms with Crippen molar-refractivity contribution >= 4 is 11.6 Å². The fraction of sp³-hybridized carbons (Fsp3) is 0.120. The number of anilines is 1. The van der Waals surface area contributed by atoms with Gasteiger partial charge in [-0.25, -0.2) is 13.5 Å². The summed E-state index contributed by atoms with van der Waals surface area (Å²) in [4.78, 5) is 12.9. The average molecular weight is 449 g/mol.